The minimum atomic E-state index is -1.99. The number of unbranched alkanes of at least 4 members (excludes halogenated alkanes) is 2. The third-order valence-corrected chi connectivity index (χ3v) is 20.8. The van der Waals surface area contributed by atoms with Gasteiger partial charge in [-0.3, -0.25) is 67.1 Å². The number of amides is 14. The van der Waals surface area contributed by atoms with E-state index in [2.05, 4.69) is 74.1 Å². The normalized spacial score (nSPS) is 23.7. The van der Waals surface area contributed by atoms with Crippen molar-refractivity contribution >= 4 is 121 Å². The molecule has 1 unspecified atom stereocenters. The Hall–Kier alpha value is -11.1. The van der Waals surface area contributed by atoms with Crippen molar-refractivity contribution in [2.24, 2.45) is 22.9 Å². The minimum absolute atomic E-state index is 0.103. The number of primary amides is 1. The standard InChI is InChI=1S/C76H104N18O19S2/c1-41(82-61(99)36-79)64(100)91-58-39-114-115-40-59(76(112)113)92-72(108)57(38-95)90-75(111)63(43(3)97)94-71(107)54(33-46-23-11-6-12-24-46)89-74(110)62(42(2)96)93-66(102)51(28-16-18-30-78)83-69(105)55(34-47-37-81-49-26-14-13-25-48(47)49)87-68(104)53(32-45-21-9-5-10-22-45)85-67(103)52(31-44-19-7-4-8-20-44)86-70(106)56(35-60(80)98)88-65(101)50(84-73(58)109)27-15-17-29-77/h4-14,19-26,37,41-43,50-59,62-63,81,95-97H,15-18,27-36,38-40,77-79H2,1-3H3,(H2,80,98)(H,82,99)(H,83,105)(H,84,109)(H,85,103)(H,86,106)(H,87,104)(H,88,101)(H,89,110)(H,90,111)(H,91,100)(H,92,108)(H,93,102)(H,94,107)(H,112,113)/t41?,42-,43-,50+,51+,52+,53+,54+,55+,56+,57+,58+,59-,62+,63+/m1/s1. The van der Waals surface area contributed by atoms with Crippen LogP contribution in [0.4, 0.5) is 0 Å². The maximum absolute atomic E-state index is 15.4. The Balaban J connectivity index is 1.47. The van der Waals surface area contributed by atoms with Gasteiger partial charge in [-0.15, -0.1) is 0 Å². The lowest BCUT2D eigenvalue weighted by Gasteiger charge is -2.29. The predicted molar refractivity (Wildman–Crippen MR) is 425 cm³/mol. The minimum Gasteiger partial charge on any atom is -0.480 e. The van der Waals surface area contributed by atoms with Crippen molar-refractivity contribution in [3.63, 3.8) is 0 Å². The molecule has 1 aromatic heterocycles. The molecule has 1 saturated heterocycles. The van der Waals surface area contributed by atoms with Gasteiger partial charge in [-0.1, -0.05) is 131 Å². The van der Waals surface area contributed by atoms with Crippen molar-refractivity contribution in [2.75, 3.05) is 37.7 Å². The molecule has 15 atom stereocenters. The summed E-state index contributed by atoms with van der Waals surface area (Å²) in [6.45, 7) is 1.99. The summed E-state index contributed by atoms with van der Waals surface area (Å²) in [7, 11) is 1.49. The number of aliphatic hydroxyl groups is 3. The lowest BCUT2D eigenvalue weighted by atomic mass is 10.00. The van der Waals surface area contributed by atoms with Gasteiger partial charge in [0.15, 0.2) is 0 Å². The van der Waals surface area contributed by atoms with Crippen LogP contribution in [0.2, 0.25) is 0 Å². The Morgan fingerprint density at radius 2 is 0.843 bits per heavy atom. The monoisotopic (exact) mass is 1640 g/mol. The molecule has 14 amide bonds. The number of hydrogen-bond donors (Lipinski definition) is 22. The summed E-state index contributed by atoms with van der Waals surface area (Å²) < 4.78 is 0. The zero-order valence-electron chi connectivity index (χ0n) is 63.8. The average molecular weight is 1640 g/mol. The van der Waals surface area contributed by atoms with Crippen LogP contribution in [0.5, 0.6) is 0 Å². The van der Waals surface area contributed by atoms with E-state index in [4.69, 9.17) is 22.9 Å². The number of nitrogens with one attached hydrogen (secondary N) is 14. The number of aliphatic hydroxyl groups excluding tert-OH is 3. The van der Waals surface area contributed by atoms with E-state index in [-0.39, 0.29) is 70.9 Å². The molecule has 0 radical (unpaired) electrons. The maximum Gasteiger partial charge on any atom is 0.327 e. The van der Waals surface area contributed by atoms with E-state index in [9.17, 15) is 78.0 Å². The van der Waals surface area contributed by atoms with Gasteiger partial charge in [0.25, 0.3) is 0 Å². The van der Waals surface area contributed by atoms with E-state index < -0.39 is 210 Å². The lowest BCUT2D eigenvalue weighted by Crippen LogP contribution is -2.63. The second-order valence-electron chi connectivity index (χ2n) is 27.5. The zero-order chi connectivity index (χ0) is 84.3. The van der Waals surface area contributed by atoms with Gasteiger partial charge in [-0.25, -0.2) is 4.79 Å². The molecule has 39 heteroatoms. The molecule has 5 aromatic rings. The summed E-state index contributed by atoms with van der Waals surface area (Å²) in [4.78, 5) is 217. The number of carbonyl (C=O) groups is 15. The fraction of sp³-hybridized carbons (Fsp3) is 0.461. The van der Waals surface area contributed by atoms with Crippen LogP contribution < -0.4 is 92.1 Å². The van der Waals surface area contributed by atoms with Gasteiger partial charge in [0.05, 0.1) is 31.8 Å². The number of aromatic amines is 1. The van der Waals surface area contributed by atoms with Crippen LogP contribution in [0.1, 0.15) is 88.0 Å². The summed E-state index contributed by atoms with van der Waals surface area (Å²) in [5, 5.41) is 76.2. The number of H-pyrrole nitrogens is 1. The van der Waals surface area contributed by atoms with E-state index in [1.54, 1.807) is 121 Å². The van der Waals surface area contributed by atoms with Crippen LogP contribution in [-0.4, -0.2) is 243 Å². The zero-order valence-corrected chi connectivity index (χ0v) is 65.4. The van der Waals surface area contributed by atoms with Gasteiger partial charge in [0.2, 0.25) is 82.7 Å². The van der Waals surface area contributed by atoms with Crippen LogP contribution in [0.25, 0.3) is 10.9 Å². The summed E-state index contributed by atoms with van der Waals surface area (Å²) >= 11 is 0. The largest absolute Gasteiger partial charge is 0.480 e. The third-order valence-electron chi connectivity index (χ3n) is 18.4. The Morgan fingerprint density at radius 1 is 0.461 bits per heavy atom. The molecule has 0 bridgehead atoms. The first-order chi connectivity index (χ1) is 54.9. The number of carboxylic acid groups (broad SMARTS) is 1. The number of aliphatic carboxylic acids is 1. The fourth-order valence-corrected chi connectivity index (χ4v) is 14.4. The van der Waals surface area contributed by atoms with Crippen LogP contribution in [0.3, 0.4) is 0 Å². The smallest absolute Gasteiger partial charge is 0.327 e. The van der Waals surface area contributed by atoms with Gasteiger partial charge in [0.1, 0.15) is 78.5 Å². The van der Waals surface area contributed by atoms with E-state index in [0.29, 0.717) is 39.6 Å². The Labute approximate surface area is 670 Å². The van der Waals surface area contributed by atoms with Crippen molar-refractivity contribution in [1.29, 1.82) is 0 Å². The molecule has 115 heavy (non-hydrogen) atoms. The Morgan fingerprint density at radius 3 is 1.30 bits per heavy atom. The number of fused-ring (bicyclic) bond motifs is 1. The van der Waals surface area contributed by atoms with Gasteiger partial charge in [-0.05, 0) is 101 Å². The fourth-order valence-electron chi connectivity index (χ4n) is 12.0. The van der Waals surface area contributed by atoms with Crippen LogP contribution in [-0.2, 0) is 97.6 Å². The van der Waals surface area contributed by atoms with E-state index >= 15 is 14.4 Å². The SMILES string of the molecule is CC(NC(=O)CN)C(=O)N[C@H]1CSSC[C@H](C(=O)O)NC(=O)[C@H](CO)NC(=O)[C@H]([C@@H](C)O)NC(=O)[C@H](Cc2ccccc2)NC(=O)[C@H]([C@@H](C)O)NC(=O)[C@H](CCCCN)NC(=O)[C@H](Cc2c[nH]c3ccccc23)NC(=O)[C@H](Cc2ccccc2)NC(=O)[C@H](Cc2ccccc2)NC(=O)[C@H](CC(N)=O)NC(=O)[C@H](CCCCN)NC1=O. The van der Waals surface area contributed by atoms with Crippen molar-refractivity contribution in [2.45, 2.75) is 182 Å². The molecule has 1 fully saturated rings. The predicted octanol–water partition coefficient (Wildman–Crippen LogP) is -4.91. The van der Waals surface area contributed by atoms with Crippen molar-refractivity contribution < 1.29 is 92.3 Å². The van der Waals surface area contributed by atoms with Crippen LogP contribution >= 0.6 is 21.6 Å². The first-order valence-electron chi connectivity index (χ1n) is 37.4. The van der Waals surface area contributed by atoms with E-state index in [1.165, 1.54) is 6.92 Å². The number of carbonyl (C=O) groups excluding carboxylic acids is 14. The van der Waals surface area contributed by atoms with Gasteiger partial charge >= 0.3 is 5.97 Å². The Kier molecular flexibility index (Phi) is 38.4. The molecule has 1 aliphatic heterocycles. The molecule has 1 aliphatic rings. The summed E-state index contributed by atoms with van der Waals surface area (Å²) in [5.41, 5.74) is 25.4. The highest BCUT2D eigenvalue weighted by atomic mass is 33.1. The Bertz CT molecular complexity index is 4130. The quantitative estimate of drug-likeness (QED) is 0.0182. The first kappa shape index (κ1) is 92.8. The number of benzene rings is 4. The van der Waals surface area contributed by atoms with Crippen molar-refractivity contribution in [1.82, 2.24) is 74.1 Å². The van der Waals surface area contributed by atoms with Gasteiger partial charge in [0, 0.05) is 54.3 Å². The molecule has 2 heterocycles. The molecule has 6 rings (SSSR count). The number of hydrogen-bond acceptors (Lipinski definition) is 23. The molecule has 624 valence electrons. The second kappa shape index (κ2) is 47.6. The number of nitrogens with two attached hydrogens (primary N) is 4. The summed E-state index contributed by atoms with van der Waals surface area (Å²) in [6, 6.07) is 9.30. The van der Waals surface area contributed by atoms with Gasteiger partial charge < -0.3 is 117 Å². The number of rotatable bonds is 26. The topological polar surface area (TPSA) is 613 Å². The number of para-hydroxylation sites is 1. The van der Waals surface area contributed by atoms with E-state index in [1.807, 2.05) is 0 Å². The molecular formula is C76H104N18O19S2. The average Bonchev–Trinajstić information content (AvgIpc) is 1.51. The van der Waals surface area contributed by atoms with Gasteiger partial charge in [-0.2, -0.15) is 0 Å². The summed E-state index contributed by atoms with van der Waals surface area (Å²) in [5.74, 6) is -17.7. The van der Waals surface area contributed by atoms with Crippen LogP contribution in [0, 0.1) is 0 Å². The van der Waals surface area contributed by atoms with Crippen LogP contribution in [0.15, 0.2) is 121 Å². The van der Waals surface area contributed by atoms with E-state index in [0.717, 1.165) is 35.4 Å². The third kappa shape index (κ3) is 30.3. The molecule has 37 nitrogen and oxygen atoms in total. The first-order valence-corrected chi connectivity index (χ1v) is 39.9. The molecule has 0 aliphatic carbocycles. The maximum atomic E-state index is 15.4. The number of aromatic nitrogens is 1. The molecule has 4 aromatic carbocycles. The highest BCUT2D eigenvalue weighted by Gasteiger charge is 2.40. The highest BCUT2D eigenvalue weighted by molar-refractivity contribution is 8.76. The second-order valence-corrected chi connectivity index (χ2v) is 30.1. The number of carboxylic acids is 1. The lowest BCUT2D eigenvalue weighted by molar-refractivity contribution is -0.142. The highest BCUT2D eigenvalue weighted by Crippen LogP contribution is 2.25. The molecule has 0 spiro atoms. The van der Waals surface area contributed by atoms with Crippen molar-refractivity contribution in [3.05, 3.63) is 144 Å². The molecular weight excluding hydrogens is 1530 g/mol. The molecule has 0 saturated carbocycles. The molecule has 26 N–H and O–H groups in total. The summed E-state index contributed by atoms with van der Waals surface area (Å²) in [6.07, 6.45) is -3.48. The van der Waals surface area contributed by atoms with Crippen molar-refractivity contribution in [3.8, 4) is 0 Å².